The average Bonchev–Trinajstić information content (AvgIpc) is 3.23. The molecule has 174 valence electrons. The lowest BCUT2D eigenvalue weighted by Gasteiger charge is -2.33. The van der Waals surface area contributed by atoms with Gasteiger partial charge in [-0.2, -0.15) is 0 Å². The molecule has 0 amide bonds. The van der Waals surface area contributed by atoms with Gasteiger partial charge in [0.1, 0.15) is 6.10 Å². The summed E-state index contributed by atoms with van der Waals surface area (Å²) >= 11 is 3.65. The molecule has 0 fully saturated rings. The molecule has 0 saturated carbocycles. The Hall–Kier alpha value is -3.70. The second-order valence-electron chi connectivity index (χ2n) is 8.38. The van der Waals surface area contributed by atoms with E-state index in [1.807, 2.05) is 109 Å². The van der Waals surface area contributed by atoms with E-state index in [1.54, 1.807) is 0 Å². The molecule has 0 spiro atoms. The predicted octanol–water partition coefficient (Wildman–Crippen LogP) is 6.59. The third kappa shape index (κ3) is 4.64. The molecule has 5 heteroatoms. The van der Waals surface area contributed by atoms with Gasteiger partial charge in [0.25, 0.3) is 0 Å². The first-order valence-electron chi connectivity index (χ1n) is 11.5. The van der Waals surface area contributed by atoms with Crippen molar-refractivity contribution in [3.8, 4) is 0 Å². The number of alkyl halides is 1. The van der Waals surface area contributed by atoms with E-state index in [0.29, 0.717) is 0 Å². The van der Waals surface area contributed by atoms with Crippen molar-refractivity contribution in [3.05, 3.63) is 143 Å². The molecule has 4 aromatic rings. The Kier molecular flexibility index (Phi) is 6.77. The van der Waals surface area contributed by atoms with E-state index in [-0.39, 0.29) is 10.9 Å². The Labute approximate surface area is 213 Å². The van der Waals surface area contributed by atoms with Crippen LogP contribution in [0.2, 0.25) is 0 Å². The zero-order valence-electron chi connectivity index (χ0n) is 19.0. The summed E-state index contributed by atoms with van der Waals surface area (Å²) in [6.45, 7) is 0. The van der Waals surface area contributed by atoms with E-state index in [2.05, 4.69) is 27.2 Å². The first-order chi connectivity index (χ1) is 17.2. The standard InChI is InChI=1S/C30H24BrNO3/c31-27-20-22-12-10-11-19-26(22)29(27)34-28(33)21-32-35-30(23-13-4-1-5-14-23,24-15-6-2-7-16-24)25-17-8-3-9-18-25/h1-19,21,27,29H,20H2/b32-21+/t27-,29-/m0/s1. The van der Waals surface area contributed by atoms with Crippen LogP contribution in [0.1, 0.15) is 33.9 Å². The fourth-order valence-corrected chi connectivity index (χ4v) is 5.37. The molecule has 0 N–H and O–H groups in total. The van der Waals surface area contributed by atoms with Crippen molar-refractivity contribution in [2.24, 2.45) is 5.16 Å². The maximum atomic E-state index is 12.8. The van der Waals surface area contributed by atoms with E-state index >= 15 is 0 Å². The summed E-state index contributed by atoms with van der Waals surface area (Å²) in [6, 6.07) is 37.7. The molecule has 0 radical (unpaired) electrons. The summed E-state index contributed by atoms with van der Waals surface area (Å²) in [5.74, 6) is -0.556. The number of carbonyl (C=O) groups excluding carboxylic acids is 1. The van der Waals surface area contributed by atoms with Crippen molar-refractivity contribution >= 4 is 28.1 Å². The fraction of sp³-hybridized carbons (Fsp3) is 0.133. The van der Waals surface area contributed by atoms with Crippen molar-refractivity contribution in [1.29, 1.82) is 0 Å². The van der Waals surface area contributed by atoms with Crippen molar-refractivity contribution in [3.63, 3.8) is 0 Å². The molecular weight excluding hydrogens is 502 g/mol. The minimum Gasteiger partial charge on any atom is -0.452 e. The topological polar surface area (TPSA) is 47.9 Å². The molecule has 0 saturated heterocycles. The van der Waals surface area contributed by atoms with Gasteiger partial charge in [0, 0.05) is 16.7 Å². The first-order valence-corrected chi connectivity index (χ1v) is 12.4. The quantitative estimate of drug-likeness (QED) is 0.0898. The molecule has 1 aliphatic rings. The number of rotatable bonds is 7. The first kappa shape index (κ1) is 23.1. The Balaban J connectivity index is 1.46. The van der Waals surface area contributed by atoms with Crippen LogP contribution in [0.4, 0.5) is 0 Å². The summed E-state index contributed by atoms with van der Waals surface area (Å²) in [6.07, 6.45) is 1.55. The Morgan fingerprint density at radius 1 is 0.771 bits per heavy atom. The largest absolute Gasteiger partial charge is 0.452 e. The number of halogens is 1. The highest BCUT2D eigenvalue weighted by atomic mass is 79.9. The summed E-state index contributed by atoms with van der Waals surface area (Å²) in [5.41, 5.74) is 3.84. The van der Waals surface area contributed by atoms with Gasteiger partial charge in [0.05, 0.1) is 4.83 Å². The van der Waals surface area contributed by atoms with E-state index in [4.69, 9.17) is 9.57 Å². The van der Waals surface area contributed by atoms with Crippen LogP contribution in [0.3, 0.4) is 0 Å². The third-order valence-electron chi connectivity index (χ3n) is 6.24. The van der Waals surface area contributed by atoms with Gasteiger partial charge in [-0.05, 0) is 17.5 Å². The smallest absolute Gasteiger partial charge is 0.353 e. The van der Waals surface area contributed by atoms with Crippen molar-refractivity contribution in [2.45, 2.75) is 23.0 Å². The van der Waals surface area contributed by atoms with Gasteiger partial charge in [-0.3, -0.25) is 0 Å². The summed E-state index contributed by atoms with van der Waals surface area (Å²) in [7, 11) is 0. The number of benzene rings is 4. The summed E-state index contributed by atoms with van der Waals surface area (Å²) in [5, 5.41) is 4.18. The normalized spacial score (nSPS) is 17.2. The minimum absolute atomic E-state index is 0.0233. The third-order valence-corrected chi connectivity index (χ3v) is 7.04. The van der Waals surface area contributed by atoms with Gasteiger partial charge >= 0.3 is 5.97 Å². The van der Waals surface area contributed by atoms with Crippen molar-refractivity contribution < 1.29 is 14.4 Å². The highest BCUT2D eigenvalue weighted by molar-refractivity contribution is 9.09. The van der Waals surface area contributed by atoms with E-state index in [1.165, 1.54) is 5.56 Å². The lowest BCUT2D eigenvalue weighted by Crippen LogP contribution is -2.31. The highest BCUT2D eigenvalue weighted by Crippen LogP contribution is 2.41. The number of hydrogen-bond donors (Lipinski definition) is 0. The maximum Gasteiger partial charge on any atom is 0.353 e. The molecule has 2 atom stereocenters. The molecule has 1 aliphatic carbocycles. The van der Waals surface area contributed by atoms with Crippen LogP contribution >= 0.6 is 15.9 Å². The molecule has 0 aliphatic heterocycles. The minimum atomic E-state index is -1.04. The molecule has 0 bridgehead atoms. The number of fused-ring (bicyclic) bond motifs is 1. The van der Waals surface area contributed by atoms with Crippen LogP contribution in [0.15, 0.2) is 120 Å². The van der Waals surface area contributed by atoms with E-state index in [0.717, 1.165) is 34.9 Å². The SMILES string of the molecule is O=C(/C=N/OC(c1ccccc1)(c1ccccc1)c1ccccc1)O[C@H]1c2ccccc2C[C@@H]1Br. The van der Waals surface area contributed by atoms with Crippen LogP contribution in [-0.2, 0) is 26.4 Å². The molecule has 0 aromatic heterocycles. The van der Waals surface area contributed by atoms with E-state index in [9.17, 15) is 4.79 Å². The fourth-order valence-electron chi connectivity index (χ4n) is 4.63. The second-order valence-corrected chi connectivity index (χ2v) is 9.56. The maximum absolute atomic E-state index is 12.8. The number of hydrogen-bond acceptors (Lipinski definition) is 4. The van der Waals surface area contributed by atoms with Gasteiger partial charge < -0.3 is 9.57 Å². The number of carbonyl (C=O) groups is 1. The lowest BCUT2D eigenvalue weighted by molar-refractivity contribution is -0.140. The van der Waals surface area contributed by atoms with Gasteiger partial charge in [-0.25, -0.2) is 4.79 Å². The molecule has 0 heterocycles. The average molecular weight is 526 g/mol. The van der Waals surface area contributed by atoms with Crippen molar-refractivity contribution in [1.82, 2.24) is 0 Å². The zero-order chi connectivity index (χ0) is 24.1. The Morgan fingerprint density at radius 3 is 1.80 bits per heavy atom. The summed E-state index contributed by atoms with van der Waals surface area (Å²) in [4.78, 5) is 19.1. The van der Waals surface area contributed by atoms with Crippen LogP contribution in [0, 0.1) is 0 Å². The van der Waals surface area contributed by atoms with Crippen LogP contribution in [-0.4, -0.2) is 17.0 Å². The predicted molar refractivity (Wildman–Crippen MR) is 140 cm³/mol. The molecule has 4 aromatic carbocycles. The number of ether oxygens (including phenoxy) is 1. The van der Waals surface area contributed by atoms with Crippen LogP contribution < -0.4 is 0 Å². The van der Waals surface area contributed by atoms with Crippen LogP contribution in [0.5, 0.6) is 0 Å². The number of oxime groups is 1. The number of nitrogens with zero attached hydrogens (tertiary/aromatic N) is 1. The highest BCUT2D eigenvalue weighted by Gasteiger charge is 2.39. The van der Waals surface area contributed by atoms with Gasteiger partial charge in [-0.1, -0.05) is 136 Å². The van der Waals surface area contributed by atoms with Gasteiger partial charge in [-0.15, -0.1) is 0 Å². The summed E-state index contributed by atoms with van der Waals surface area (Å²) < 4.78 is 5.77. The van der Waals surface area contributed by atoms with Crippen LogP contribution in [0.25, 0.3) is 0 Å². The lowest BCUT2D eigenvalue weighted by atomic mass is 9.80. The van der Waals surface area contributed by atoms with Gasteiger partial charge in [0.15, 0.2) is 6.21 Å². The van der Waals surface area contributed by atoms with E-state index < -0.39 is 11.6 Å². The zero-order valence-corrected chi connectivity index (χ0v) is 20.5. The van der Waals surface area contributed by atoms with Crippen molar-refractivity contribution in [2.75, 3.05) is 0 Å². The Morgan fingerprint density at radius 2 is 1.26 bits per heavy atom. The second kappa shape index (κ2) is 10.3. The number of esters is 1. The van der Waals surface area contributed by atoms with Gasteiger partial charge in [0.2, 0.25) is 5.60 Å². The molecule has 5 rings (SSSR count). The molecular formula is C30H24BrNO3. The molecule has 35 heavy (non-hydrogen) atoms. The molecule has 4 nitrogen and oxygen atoms in total. The monoisotopic (exact) mass is 525 g/mol. The molecule has 0 unspecified atom stereocenters. The Bertz CT molecular complexity index is 1210.